The number of rotatable bonds is 5. The fourth-order valence-electron chi connectivity index (χ4n) is 4.11. The number of hydrogen-bond acceptors (Lipinski definition) is 3. The van der Waals surface area contributed by atoms with Gasteiger partial charge in [0.15, 0.2) is 0 Å². The molecule has 0 radical (unpaired) electrons. The molecule has 112 valence electrons. The first kappa shape index (κ1) is 15.7. The molecule has 2 rings (SSSR count). The summed E-state index contributed by atoms with van der Waals surface area (Å²) in [6.07, 6.45) is 9.79. The molecule has 2 saturated carbocycles. The van der Waals surface area contributed by atoms with Gasteiger partial charge in [-0.05, 0) is 37.0 Å². The fourth-order valence-corrected chi connectivity index (χ4v) is 4.58. The minimum Gasteiger partial charge on any atom is -0.390 e. The van der Waals surface area contributed by atoms with Crippen molar-refractivity contribution in [2.75, 3.05) is 5.75 Å². The third kappa shape index (κ3) is 3.68. The van der Waals surface area contributed by atoms with E-state index in [4.69, 9.17) is 0 Å². The van der Waals surface area contributed by atoms with Gasteiger partial charge in [-0.25, -0.2) is 0 Å². The molecule has 0 saturated heterocycles. The number of thiol groups is 1. The topological polar surface area (TPSA) is 40.5 Å². The molecule has 19 heavy (non-hydrogen) atoms. The molecule has 0 aliphatic heterocycles. The molecule has 2 aliphatic rings. The smallest absolute Gasteiger partial charge is 0.102 e. The summed E-state index contributed by atoms with van der Waals surface area (Å²) in [4.78, 5) is 0. The largest absolute Gasteiger partial charge is 0.390 e. The van der Waals surface area contributed by atoms with E-state index in [9.17, 15) is 10.2 Å². The Morgan fingerprint density at radius 3 is 2.37 bits per heavy atom. The van der Waals surface area contributed by atoms with Gasteiger partial charge in [-0.1, -0.05) is 45.4 Å². The summed E-state index contributed by atoms with van der Waals surface area (Å²) in [5.41, 5.74) is -0.967. The van der Waals surface area contributed by atoms with Crippen molar-refractivity contribution in [3.05, 3.63) is 0 Å². The van der Waals surface area contributed by atoms with Crippen LogP contribution in [0.2, 0.25) is 0 Å². The molecule has 4 unspecified atom stereocenters. The zero-order valence-electron chi connectivity index (χ0n) is 12.2. The minimum absolute atomic E-state index is 0.235. The average Bonchev–Trinajstić information content (AvgIpc) is 2.86. The molecular weight excluding hydrogens is 256 g/mol. The van der Waals surface area contributed by atoms with Crippen molar-refractivity contribution in [2.45, 2.75) is 76.4 Å². The molecule has 2 nitrogen and oxygen atoms in total. The quantitative estimate of drug-likeness (QED) is 0.678. The van der Waals surface area contributed by atoms with Crippen LogP contribution in [-0.4, -0.2) is 27.7 Å². The second kappa shape index (κ2) is 6.82. The van der Waals surface area contributed by atoms with E-state index >= 15 is 0 Å². The summed E-state index contributed by atoms with van der Waals surface area (Å²) in [6, 6.07) is 0. The van der Waals surface area contributed by atoms with E-state index < -0.39 is 11.7 Å². The van der Waals surface area contributed by atoms with Gasteiger partial charge in [0.25, 0.3) is 0 Å². The van der Waals surface area contributed by atoms with Gasteiger partial charge in [-0.15, -0.1) is 0 Å². The van der Waals surface area contributed by atoms with Crippen LogP contribution in [0.25, 0.3) is 0 Å². The molecule has 0 spiro atoms. The fraction of sp³-hybridized carbons (Fsp3) is 1.00. The van der Waals surface area contributed by atoms with Crippen molar-refractivity contribution in [3.8, 4) is 0 Å². The first-order valence-electron chi connectivity index (χ1n) is 8.07. The Balaban J connectivity index is 1.94. The van der Waals surface area contributed by atoms with E-state index in [-0.39, 0.29) is 5.92 Å². The highest BCUT2D eigenvalue weighted by Crippen LogP contribution is 2.42. The van der Waals surface area contributed by atoms with Crippen LogP contribution >= 0.6 is 12.6 Å². The first-order chi connectivity index (χ1) is 9.06. The highest BCUT2D eigenvalue weighted by Gasteiger charge is 2.45. The molecule has 0 amide bonds. The van der Waals surface area contributed by atoms with Crippen molar-refractivity contribution in [1.29, 1.82) is 0 Å². The van der Waals surface area contributed by atoms with E-state index in [0.717, 1.165) is 19.3 Å². The molecule has 0 bridgehead atoms. The van der Waals surface area contributed by atoms with Crippen LogP contribution < -0.4 is 0 Å². The lowest BCUT2D eigenvalue weighted by Crippen LogP contribution is -2.50. The molecule has 2 fully saturated rings. The zero-order valence-corrected chi connectivity index (χ0v) is 13.1. The van der Waals surface area contributed by atoms with Gasteiger partial charge in [-0.2, -0.15) is 12.6 Å². The minimum atomic E-state index is -0.967. The lowest BCUT2D eigenvalue weighted by Gasteiger charge is -2.39. The van der Waals surface area contributed by atoms with Crippen LogP contribution in [0, 0.1) is 17.8 Å². The maximum atomic E-state index is 10.9. The second-order valence-electron chi connectivity index (χ2n) is 7.02. The predicted molar refractivity (Wildman–Crippen MR) is 82.5 cm³/mol. The van der Waals surface area contributed by atoms with Crippen molar-refractivity contribution < 1.29 is 10.2 Å². The monoisotopic (exact) mass is 286 g/mol. The van der Waals surface area contributed by atoms with E-state index in [1.807, 2.05) is 0 Å². The van der Waals surface area contributed by atoms with Gasteiger partial charge >= 0.3 is 0 Å². The van der Waals surface area contributed by atoms with Crippen molar-refractivity contribution >= 4 is 12.6 Å². The molecule has 4 atom stereocenters. The summed E-state index contributed by atoms with van der Waals surface area (Å²) >= 11 is 4.35. The molecule has 2 N–H and O–H groups in total. The standard InChI is InChI=1S/C16H30O2S/c1-12-7-8-14(9-12)16(18,11-19)15(17)10-13-5-3-2-4-6-13/h12-15,17-19H,2-11H2,1H3. The number of hydrogen-bond donors (Lipinski definition) is 3. The van der Waals surface area contributed by atoms with Gasteiger partial charge < -0.3 is 10.2 Å². The third-order valence-corrected chi connectivity index (χ3v) is 6.02. The Morgan fingerprint density at radius 1 is 1.16 bits per heavy atom. The number of aliphatic hydroxyl groups is 2. The van der Waals surface area contributed by atoms with Crippen LogP contribution in [0.5, 0.6) is 0 Å². The van der Waals surface area contributed by atoms with Crippen molar-refractivity contribution in [1.82, 2.24) is 0 Å². The lowest BCUT2D eigenvalue weighted by molar-refractivity contribution is -0.105. The van der Waals surface area contributed by atoms with Gasteiger partial charge in [0, 0.05) is 5.75 Å². The molecule has 2 aliphatic carbocycles. The Morgan fingerprint density at radius 2 is 1.84 bits per heavy atom. The van der Waals surface area contributed by atoms with E-state index in [1.165, 1.54) is 38.5 Å². The molecule has 0 aromatic carbocycles. The van der Waals surface area contributed by atoms with E-state index in [1.54, 1.807) is 0 Å². The first-order valence-corrected chi connectivity index (χ1v) is 8.70. The van der Waals surface area contributed by atoms with Crippen molar-refractivity contribution in [2.24, 2.45) is 17.8 Å². The average molecular weight is 286 g/mol. The molecular formula is C16H30O2S. The Labute approximate surface area is 123 Å². The van der Waals surface area contributed by atoms with Gasteiger partial charge in [0.1, 0.15) is 5.60 Å². The van der Waals surface area contributed by atoms with Crippen LogP contribution in [0.1, 0.15) is 64.7 Å². The Hall–Kier alpha value is 0.270. The second-order valence-corrected chi connectivity index (χ2v) is 7.34. The van der Waals surface area contributed by atoms with Crippen molar-refractivity contribution in [3.63, 3.8) is 0 Å². The lowest BCUT2D eigenvalue weighted by atomic mass is 9.76. The Kier molecular flexibility index (Phi) is 5.62. The van der Waals surface area contributed by atoms with Crippen LogP contribution in [0.3, 0.4) is 0 Å². The predicted octanol–water partition coefficient (Wildman–Crippen LogP) is 3.41. The Bertz CT molecular complexity index is 278. The van der Waals surface area contributed by atoms with Gasteiger partial charge in [0.2, 0.25) is 0 Å². The van der Waals surface area contributed by atoms with E-state index in [0.29, 0.717) is 17.6 Å². The highest BCUT2D eigenvalue weighted by molar-refractivity contribution is 7.80. The molecule has 0 aromatic heterocycles. The summed E-state index contributed by atoms with van der Waals surface area (Å²) in [5.74, 6) is 1.91. The van der Waals surface area contributed by atoms with E-state index in [2.05, 4.69) is 19.6 Å². The van der Waals surface area contributed by atoms with Gasteiger partial charge in [0.05, 0.1) is 6.10 Å². The van der Waals surface area contributed by atoms with Gasteiger partial charge in [-0.3, -0.25) is 0 Å². The molecule has 3 heteroatoms. The van der Waals surface area contributed by atoms with Crippen LogP contribution in [0.4, 0.5) is 0 Å². The molecule has 0 heterocycles. The van der Waals surface area contributed by atoms with Crippen LogP contribution in [-0.2, 0) is 0 Å². The molecule has 0 aromatic rings. The normalized spacial score (nSPS) is 34.1. The number of aliphatic hydroxyl groups excluding tert-OH is 1. The zero-order chi connectivity index (χ0) is 13.9. The third-order valence-electron chi connectivity index (χ3n) is 5.51. The maximum Gasteiger partial charge on any atom is 0.102 e. The highest BCUT2D eigenvalue weighted by atomic mass is 32.1. The van der Waals surface area contributed by atoms with Crippen LogP contribution in [0.15, 0.2) is 0 Å². The SMILES string of the molecule is CC1CCC(C(O)(CS)C(O)CC2CCCCC2)C1. The summed E-state index contributed by atoms with van der Waals surface area (Å²) in [7, 11) is 0. The summed E-state index contributed by atoms with van der Waals surface area (Å²) in [6.45, 7) is 2.24. The summed E-state index contributed by atoms with van der Waals surface area (Å²) in [5, 5.41) is 21.5. The summed E-state index contributed by atoms with van der Waals surface area (Å²) < 4.78 is 0. The maximum absolute atomic E-state index is 10.9.